The molecule has 19 heavy (non-hydrogen) atoms. The number of aromatic nitrogens is 2. The Morgan fingerprint density at radius 2 is 2.16 bits per heavy atom. The highest BCUT2D eigenvalue weighted by Crippen LogP contribution is 2.18. The van der Waals surface area contributed by atoms with Crippen LogP contribution in [0.1, 0.15) is 26.6 Å². The largest absolute Gasteiger partial charge is 0.337 e. The minimum absolute atomic E-state index is 0.133. The average molecular weight is 273 g/mol. The molecule has 4 nitrogen and oxygen atoms in total. The summed E-state index contributed by atoms with van der Waals surface area (Å²) in [7, 11) is 0. The lowest BCUT2D eigenvalue weighted by Crippen LogP contribution is -2.32. The lowest BCUT2D eigenvalue weighted by molar-refractivity contribution is 0.0767. The smallest absolute Gasteiger partial charge is 0.263 e. The maximum Gasteiger partial charge on any atom is 0.263 e. The molecule has 0 fully saturated rings. The van der Waals surface area contributed by atoms with E-state index in [1.807, 2.05) is 29.3 Å². The fourth-order valence-corrected chi connectivity index (χ4v) is 3.14. The van der Waals surface area contributed by atoms with Gasteiger partial charge >= 0.3 is 0 Å². The zero-order valence-electron chi connectivity index (χ0n) is 10.8. The van der Waals surface area contributed by atoms with Gasteiger partial charge in [-0.05, 0) is 30.4 Å². The third-order valence-corrected chi connectivity index (χ3v) is 4.38. The van der Waals surface area contributed by atoms with Crippen molar-refractivity contribution in [3.05, 3.63) is 45.7 Å². The van der Waals surface area contributed by atoms with Crippen LogP contribution in [-0.2, 0) is 12.8 Å². The van der Waals surface area contributed by atoms with E-state index >= 15 is 0 Å². The van der Waals surface area contributed by atoms with Crippen LogP contribution in [0.2, 0.25) is 0 Å². The topological polar surface area (TPSA) is 46.1 Å². The van der Waals surface area contributed by atoms with Gasteiger partial charge in [0.15, 0.2) is 0 Å². The Bertz CT molecular complexity index is 595. The van der Waals surface area contributed by atoms with Gasteiger partial charge < -0.3 is 4.90 Å². The molecule has 2 aromatic heterocycles. The van der Waals surface area contributed by atoms with Crippen molar-refractivity contribution < 1.29 is 4.79 Å². The lowest BCUT2D eigenvalue weighted by Gasteiger charge is -2.19. The molecule has 0 saturated heterocycles. The quantitative estimate of drug-likeness (QED) is 0.799. The van der Waals surface area contributed by atoms with E-state index in [4.69, 9.17) is 0 Å². The van der Waals surface area contributed by atoms with Crippen LogP contribution in [0.3, 0.4) is 0 Å². The number of amides is 1. The summed E-state index contributed by atoms with van der Waals surface area (Å²) in [5, 5.41) is 1.94. The van der Waals surface area contributed by atoms with E-state index < -0.39 is 0 Å². The fourth-order valence-electron chi connectivity index (χ4n) is 2.45. The predicted molar refractivity (Wildman–Crippen MR) is 74.4 cm³/mol. The SMILES string of the molecule is Cc1ncnc2c1CCN(C(=O)c1cccs1)CC2. The number of rotatable bonds is 1. The molecule has 0 saturated carbocycles. The first-order valence-electron chi connectivity index (χ1n) is 6.38. The molecule has 0 spiro atoms. The molecule has 0 aromatic carbocycles. The molecular weight excluding hydrogens is 258 g/mol. The van der Waals surface area contributed by atoms with Crippen molar-refractivity contribution in [2.24, 2.45) is 0 Å². The molecule has 0 aliphatic carbocycles. The first kappa shape index (κ1) is 12.3. The second-order valence-electron chi connectivity index (χ2n) is 4.65. The van der Waals surface area contributed by atoms with E-state index in [1.165, 1.54) is 16.9 Å². The normalized spacial score (nSPS) is 14.9. The molecule has 3 rings (SSSR count). The van der Waals surface area contributed by atoms with Crippen LogP contribution in [0.4, 0.5) is 0 Å². The van der Waals surface area contributed by atoms with Crippen molar-refractivity contribution in [2.45, 2.75) is 19.8 Å². The summed E-state index contributed by atoms with van der Waals surface area (Å²) in [5.74, 6) is 0.133. The second kappa shape index (κ2) is 5.09. The van der Waals surface area contributed by atoms with Gasteiger partial charge in [0.25, 0.3) is 5.91 Å². The van der Waals surface area contributed by atoms with Crippen molar-refractivity contribution in [3.8, 4) is 0 Å². The second-order valence-corrected chi connectivity index (χ2v) is 5.60. The first-order valence-corrected chi connectivity index (χ1v) is 7.26. The monoisotopic (exact) mass is 273 g/mol. The molecular formula is C14H15N3OS. The number of carbonyl (C=O) groups excluding carboxylic acids is 1. The molecule has 98 valence electrons. The molecule has 0 radical (unpaired) electrons. The van der Waals surface area contributed by atoms with Gasteiger partial charge in [0.2, 0.25) is 0 Å². The van der Waals surface area contributed by atoms with Gasteiger partial charge in [-0.15, -0.1) is 11.3 Å². The lowest BCUT2D eigenvalue weighted by atomic mass is 10.1. The maximum atomic E-state index is 12.3. The maximum absolute atomic E-state index is 12.3. The third-order valence-electron chi connectivity index (χ3n) is 3.52. The fraction of sp³-hybridized carbons (Fsp3) is 0.357. The van der Waals surface area contributed by atoms with Crippen LogP contribution in [0, 0.1) is 6.92 Å². The highest BCUT2D eigenvalue weighted by Gasteiger charge is 2.21. The Morgan fingerprint density at radius 3 is 2.95 bits per heavy atom. The van der Waals surface area contributed by atoms with E-state index in [1.54, 1.807) is 6.33 Å². The van der Waals surface area contributed by atoms with Crippen molar-refractivity contribution in [1.82, 2.24) is 14.9 Å². The Kier molecular flexibility index (Phi) is 3.29. The van der Waals surface area contributed by atoms with Crippen LogP contribution in [0.25, 0.3) is 0 Å². The zero-order valence-corrected chi connectivity index (χ0v) is 11.6. The number of thiophene rings is 1. The van der Waals surface area contributed by atoms with Gasteiger partial charge in [-0.1, -0.05) is 6.07 Å². The van der Waals surface area contributed by atoms with E-state index in [-0.39, 0.29) is 5.91 Å². The van der Waals surface area contributed by atoms with Gasteiger partial charge in [0, 0.05) is 30.9 Å². The van der Waals surface area contributed by atoms with Crippen molar-refractivity contribution in [3.63, 3.8) is 0 Å². The highest BCUT2D eigenvalue weighted by atomic mass is 32.1. The standard InChI is InChI=1S/C14H15N3OS/c1-10-11-4-6-17(7-5-12(11)16-9-15-10)14(18)13-3-2-8-19-13/h2-3,8-9H,4-7H2,1H3. The molecule has 1 amide bonds. The average Bonchev–Trinajstić information content (AvgIpc) is 2.85. The van der Waals surface area contributed by atoms with Crippen LogP contribution < -0.4 is 0 Å². The summed E-state index contributed by atoms with van der Waals surface area (Å²) >= 11 is 1.50. The number of nitrogens with zero attached hydrogens (tertiary/aromatic N) is 3. The summed E-state index contributed by atoms with van der Waals surface area (Å²) < 4.78 is 0. The number of hydrogen-bond donors (Lipinski definition) is 0. The molecule has 0 N–H and O–H groups in total. The summed E-state index contributed by atoms with van der Waals surface area (Å²) in [6.07, 6.45) is 3.28. The summed E-state index contributed by atoms with van der Waals surface area (Å²) in [5.41, 5.74) is 3.34. The number of fused-ring (bicyclic) bond motifs is 1. The van der Waals surface area contributed by atoms with Crippen molar-refractivity contribution >= 4 is 17.2 Å². The summed E-state index contributed by atoms with van der Waals surface area (Å²) in [6, 6.07) is 3.80. The molecule has 2 aromatic rings. The molecule has 3 heterocycles. The van der Waals surface area contributed by atoms with Crippen LogP contribution in [0.15, 0.2) is 23.8 Å². The number of hydrogen-bond acceptors (Lipinski definition) is 4. The van der Waals surface area contributed by atoms with E-state index in [0.717, 1.165) is 42.2 Å². The van der Waals surface area contributed by atoms with Crippen LogP contribution in [0.5, 0.6) is 0 Å². The van der Waals surface area contributed by atoms with Gasteiger partial charge in [-0.3, -0.25) is 4.79 Å². The van der Waals surface area contributed by atoms with Gasteiger partial charge in [-0.2, -0.15) is 0 Å². The van der Waals surface area contributed by atoms with Gasteiger partial charge in [-0.25, -0.2) is 9.97 Å². The van der Waals surface area contributed by atoms with Gasteiger partial charge in [0.05, 0.1) is 4.88 Å². The van der Waals surface area contributed by atoms with Crippen LogP contribution in [-0.4, -0.2) is 33.9 Å². The molecule has 0 atom stereocenters. The minimum atomic E-state index is 0.133. The Hall–Kier alpha value is -1.75. The molecule has 1 aliphatic rings. The minimum Gasteiger partial charge on any atom is -0.337 e. The summed E-state index contributed by atoms with van der Waals surface area (Å²) in [6.45, 7) is 3.50. The molecule has 0 unspecified atom stereocenters. The van der Waals surface area contributed by atoms with E-state index in [0.29, 0.717) is 0 Å². The van der Waals surface area contributed by atoms with Crippen molar-refractivity contribution in [1.29, 1.82) is 0 Å². The molecule has 5 heteroatoms. The Morgan fingerprint density at radius 1 is 1.32 bits per heavy atom. The Balaban J connectivity index is 1.80. The van der Waals surface area contributed by atoms with Gasteiger partial charge in [0.1, 0.15) is 6.33 Å². The van der Waals surface area contributed by atoms with Crippen molar-refractivity contribution in [2.75, 3.05) is 13.1 Å². The number of carbonyl (C=O) groups is 1. The van der Waals surface area contributed by atoms with E-state index in [2.05, 4.69) is 9.97 Å². The molecule has 1 aliphatic heterocycles. The first-order chi connectivity index (χ1) is 9.25. The van der Waals surface area contributed by atoms with Crippen LogP contribution >= 0.6 is 11.3 Å². The predicted octanol–water partition coefficient (Wildman–Crippen LogP) is 2.09. The molecule has 0 bridgehead atoms. The summed E-state index contributed by atoms with van der Waals surface area (Å²) in [4.78, 5) is 23.7. The number of aryl methyl sites for hydroxylation is 1. The highest BCUT2D eigenvalue weighted by molar-refractivity contribution is 7.12. The Labute approximate surface area is 116 Å². The third kappa shape index (κ3) is 2.38. The van der Waals surface area contributed by atoms with E-state index in [9.17, 15) is 4.79 Å². The zero-order chi connectivity index (χ0) is 13.2.